The molecule has 2 rings (SSSR count). The van der Waals surface area contributed by atoms with E-state index in [-0.39, 0.29) is 0 Å². The average Bonchev–Trinajstić information content (AvgIpc) is 2.46. The quantitative estimate of drug-likeness (QED) is 0.798. The second-order valence-electron chi connectivity index (χ2n) is 3.91. The van der Waals surface area contributed by atoms with Crippen LogP contribution in [-0.4, -0.2) is 6.29 Å². The number of nitriles is 1. The third kappa shape index (κ3) is 3.34. The third-order valence-corrected chi connectivity index (χ3v) is 2.86. The Kier molecular flexibility index (Phi) is 4.17. The van der Waals surface area contributed by atoms with Crippen LogP contribution in [0.15, 0.2) is 42.5 Å². The summed E-state index contributed by atoms with van der Waals surface area (Å²) in [5.41, 5.74) is 2.06. The second-order valence-corrected chi connectivity index (χ2v) is 4.31. The van der Waals surface area contributed by atoms with Gasteiger partial charge in [0.2, 0.25) is 0 Å². The fourth-order valence-electron chi connectivity index (χ4n) is 1.54. The molecule has 0 heterocycles. The van der Waals surface area contributed by atoms with Crippen LogP contribution in [0.1, 0.15) is 21.5 Å². The van der Waals surface area contributed by atoms with Crippen LogP contribution in [-0.2, 0) is 6.61 Å². The van der Waals surface area contributed by atoms with Crippen molar-refractivity contribution < 1.29 is 9.53 Å². The van der Waals surface area contributed by atoms with Crippen molar-refractivity contribution in [2.45, 2.75) is 6.61 Å². The van der Waals surface area contributed by atoms with Crippen LogP contribution in [0.4, 0.5) is 0 Å². The number of nitrogens with zero attached hydrogens (tertiary/aromatic N) is 1. The van der Waals surface area contributed by atoms with Gasteiger partial charge in [0.25, 0.3) is 0 Å². The fourth-order valence-corrected chi connectivity index (χ4v) is 1.79. The molecule has 0 fully saturated rings. The van der Waals surface area contributed by atoms with E-state index in [0.717, 1.165) is 11.8 Å². The van der Waals surface area contributed by atoms with Gasteiger partial charge in [0, 0.05) is 5.56 Å². The lowest BCUT2D eigenvalue weighted by Gasteiger charge is -2.08. The lowest BCUT2D eigenvalue weighted by molar-refractivity contribution is 0.112. The van der Waals surface area contributed by atoms with Crippen LogP contribution in [0.25, 0.3) is 0 Å². The van der Waals surface area contributed by atoms with Gasteiger partial charge in [0.15, 0.2) is 0 Å². The summed E-state index contributed by atoms with van der Waals surface area (Å²) in [4.78, 5) is 10.6. The van der Waals surface area contributed by atoms with Crippen molar-refractivity contribution >= 4 is 17.9 Å². The van der Waals surface area contributed by atoms with Crippen LogP contribution < -0.4 is 4.74 Å². The Morgan fingerprint density at radius 3 is 2.53 bits per heavy atom. The van der Waals surface area contributed by atoms with Gasteiger partial charge in [0.1, 0.15) is 18.6 Å². The van der Waals surface area contributed by atoms with Gasteiger partial charge >= 0.3 is 0 Å². The molecule has 0 saturated carbocycles. The monoisotopic (exact) mass is 271 g/mol. The van der Waals surface area contributed by atoms with Gasteiger partial charge < -0.3 is 4.74 Å². The Hall–Kier alpha value is -2.31. The second kappa shape index (κ2) is 6.03. The summed E-state index contributed by atoms with van der Waals surface area (Å²) in [6.07, 6.45) is 0.732. The minimum absolute atomic E-state index is 0.353. The first kappa shape index (κ1) is 13.1. The highest BCUT2D eigenvalue weighted by molar-refractivity contribution is 6.32. The highest BCUT2D eigenvalue weighted by Crippen LogP contribution is 2.25. The van der Waals surface area contributed by atoms with E-state index in [2.05, 4.69) is 6.07 Å². The molecule has 0 aliphatic rings. The molecule has 3 nitrogen and oxygen atoms in total. The molecule has 0 aromatic heterocycles. The van der Waals surface area contributed by atoms with Crippen molar-refractivity contribution in [1.82, 2.24) is 0 Å². The normalized spacial score (nSPS) is 9.68. The van der Waals surface area contributed by atoms with Crippen LogP contribution in [0.2, 0.25) is 5.02 Å². The summed E-state index contributed by atoms with van der Waals surface area (Å²) in [5.74, 6) is 0.525. The number of aldehydes is 1. The molecule has 0 aliphatic carbocycles. The van der Waals surface area contributed by atoms with Gasteiger partial charge in [-0.2, -0.15) is 5.26 Å². The van der Waals surface area contributed by atoms with Gasteiger partial charge in [0.05, 0.1) is 16.7 Å². The Labute approximate surface area is 116 Å². The number of benzene rings is 2. The Bertz CT molecular complexity index is 630. The van der Waals surface area contributed by atoms with Gasteiger partial charge in [-0.1, -0.05) is 23.7 Å². The van der Waals surface area contributed by atoms with Crippen LogP contribution in [0.5, 0.6) is 5.75 Å². The van der Waals surface area contributed by atoms with E-state index in [0.29, 0.717) is 28.5 Å². The zero-order valence-electron chi connectivity index (χ0n) is 9.97. The molecule has 94 valence electrons. The van der Waals surface area contributed by atoms with E-state index in [1.165, 1.54) is 0 Å². The maximum Gasteiger partial charge on any atom is 0.150 e. The van der Waals surface area contributed by atoms with Crippen molar-refractivity contribution in [1.29, 1.82) is 5.26 Å². The number of hydrogen-bond acceptors (Lipinski definition) is 3. The van der Waals surface area contributed by atoms with E-state index >= 15 is 0 Å². The summed E-state index contributed by atoms with van der Waals surface area (Å²) < 4.78 is 5.57. The maximum atomic E-state index is 10.6. The summed E-state index contributed by atoms with van der Waals surface area (Å²) in [6, 6.07) is 14.0. The molecule has 0 saturated heterocycles. The molecule has 0 radical (unpaired) electrons. The molecule has 0 unspecified atom stereocenters. The van der Waals surface area contributed by atoms with E-state index < -0.39 is 0 Å². The predicted octanol–water partition coefficient (Wildman–Crippen LogP) is 3.60. The van der Waals surface area contributed by atoms with E-state index in [1.54, 1.807) is 30.3 Å². The van der Waals surface area contributed by atoms with E-state index in [9.17, 15) is 4.79 Å². The van der Waals surface area contributed by atoms with Gasteiger partial charge in [-0.15, -0.1) is 0 Å². The van der Waals surface area contributed by atoms with Crippen LogP contribution >= 0.6 is 11.6 Å². The summed E-state index contributed by atoms with van der Waals surface area (Å²) >= 11 is 6.00. The molecule has 0 spiro atoms. The molecule has 0 atom stereocenters. The van der Waals surface area contributed by atoms with Gasteiger partial charge in [-0.25, -0.2) is 0 Å². The van der Waals surface area contributed by atoms with Crippen LogP contribution in [0.3, 0.4) is 0 Å². The Balaban J connectivity index is 2.05. The van der Waals surface area contributed by atoms with Gasteiger partial charge in [-0.3, -0.25) is 4.79 Å². The zero-order valence-corrected chi connectivity index (χ0v) is 10.7. The molecule has 0 amide bonds. The molecule has 19 heavy (non-hydrogen) atoms. The van der Waals surface area contributed by atoms with Crippen molar-refractivity contribution in [3.8, 4) is 11.8 Å². The lowest BCUT2D eigenvalue weighted by atomic mass is 10.1. The third-order valence-electron chi connectivity index (χ3n) is 2.57. The average molecular weight is 272 g/mol. The molecule has 4 heteroatoms. The minimum Gasteiger partial charge on any atom is -0.487 e. The lowest BCUT2D eigenvalue weighted by Crippen LogP contribution is -1.96. The van der Waals surface area contributed by atoms with Gasteiger partial charge in [-0.05, 0) is 35.9 Å². The van der Waals surface area contributed by atoms with E-state index in [4.69, 9.17) is 21.6 Å². The predicted molar refractivity (Wildman–Crippen MR) is 72.3 cm³/mol. The summed E-state index contributed by atoms with van der Waals surface area (Å²) in [6.45, 7) is 0.353. The van der Waals surface area contributed by atoms with E-state index in [1.807, 2.05) is 12.1 Å². The zero-order chi connectivity index (χ0) is 13.7. The Morgan fingerprint density at radius 1 is 1.21 bits per heavy atom. The molecule has 2 aromatic rings. The molecule has 0 N–H and O–H groups in total. The summed E-state index contributed by atoms with van der Waals surface area (Å²) in [5, 5.41) is 9.10. The number of carbonyl (C=O) groups is 1. The minimum atomic E-state index is 0.353. The fraction of sp³-hybridized carbons (Fsp3) is 0.0667. The largest absolute Gasteiger partial charge is 0.487 e. The first-order valence-electron chi connectivity index (χ1n) is 5.59. The molecule has 2 aromatic carbocycles. The number of halogens is 1. The SMILES string of the molecule is N#Cc1ccc(COc2ccc(C=O)cc2Cl)cc1. The van der Waals surface area contributed by atoms with Crippen LogP contribution in [0, 0.1) is 11.3 Å². The molecule has 0 aliphatic heterocycles. The molecular weight excluding hydrogens is 262 g/mol. The number of ether oxygens (including phenoxy) is 1. The van der Waals surface area contributed by atoms with Crippen molar-refractivity contribution in [3.05, 3.63) is 64.2 Å². The van der Waals surface area contributed by atoms with Crippen molar-refractivity contribution in [2.75, 3.05) is 0 Å². The summed E-state index contributed by atoms with van der Waals surface area (Å²) in [7, 11) is 0. The Morgan fingerprint density at radius 2 is 1.95 bits per heavy atom. The first-order chi connectivity index (χ1) is 9.22. The highest BCUT2D eigenvalue weighted by Gasteiger charge is 2.03. The number of rotatable bonds is 4. The molecule has 0 bridgehead atoms. The topological polar surface area (TPSA) is 50.1 Å². The standard InChI is InChI=1S/C15H10ClNO2/c16-14-7-13(9-18)5-6-15(14)19-10-12-3-1-11(8-17)2-4-12/h1-7,9H,10H2. The first-order valence-corrected chi connectivity index (χ1v) is 5.97. The number of hydrogen-bond donors (Lipinski definition) is 0. The maximum absolute atomic E-state index is 10.6. The number of carbonyl (C=O) groups excluding carboxylic acids is 1. The molecular formula is C15H10ClNO2. The smallest absolute Gasteiger partial charge is 0.150 e. The van der Waals surface area contributed by atoms with Crippen molar-refractivity contribution in [3.63, 3.8) is 0 Å². The highest BCUT2D eigenvalue weighted by atomic mass is 35.5. The van der Waals surface area contributed by atoms with Crippen molar-refractivity contribution in [2.24, 2.45) is 0 Å².